The fourth-order valence-electron chi connectivity index (χ4n) is 2.43. The molecule has 0 bridgehead atoms. The molecule has 2 aromatic rings. The van der Waals surface area contributed by atoms with Crippen LogP contribution in [0.1, 0.15) is 29.8 Å². The molecule has 10 heteroatoms. The van der Waals surface area contributed by atoms with Gasteiger partial charge >= 0.3 is 13.2 Å². The molecule has 0 unspecified atom stereocenters. The standard InChI is InChI=1S/C21H20F4N2O4/c1-12(2)26-19(29)14-3-7-15(8-4-14)27-18(28)10-6-13-5-9-16(30-20(22)23)11-17(13)31-21(24)25/h3-12,20-21H,1-2H3,(H,26,29)(H,27,28)/b10-6+. The number of nitrogens with one attached hydrogen (secondary N) is 2. The first-order valence-electron chi connectivity index (χ1n) is 9.07. The maximum Gasteiger partial charge on any atom is 0.387 e. The van der Waals surface area contributed by atoms with Crippen LogP contribution in [0.4, 0.5) is 23.2 Å². The molecule has 0 aliphatic rings. The molecule has 0 spiro atoms. The molecule has 2 rings (SSSR count). The largest absolute Gasteiger partial charge is 0.435 e. The molecule has 2 amide bonds. The number of benzene rings is 2. The van der Waals surface area contributed by atoms with E-state index in [1.807, 2.05) is 13.8 Å². The molecule has 0 aliphatic carbocycles. The Balaban J connectivity index is 2.07. The van der Waals surface area contributed by atoms with Crippen molar-refractivity contribution >= 4 is 23.6 Å². The summed E-state index contributed by atoms with van der Waals surface area (Å²) in [4.78, 5) is 24.0. The number of anilines is 1. The Morgan fingerprint density at radius 1 is 0.935 bits per heavy atom. The molecule has 0 atom stereocenters. The minimum atomic E-state index is -3.20. The van der Waals surface area contributed by atoms with Crippen molar-refractivity contribution in [1.29, 1.82) is 0 Å². The zero-order chi connectivity index (χ0) is 23.0. The summed E-state index contributed by atoms with van der Waals surface area (Å²) < 4.78 is 58.3. The van der Waals surface area contributed by atoms with Crippen LogP contribution in [-0.4, -0.2) is 31.1 Å². The van der Waals surface area contributed by atoms with Crippen molar-refractivity contribution in [3.63, 3.8) is 0 Å². The molecule has 31 heavy (non-hydrogen) atoms. The first kappa shape index (κ1) is 23.7. The van der Waals surface area contributed by atoms with Gasteiger partial charge in [-0.25, -0.2) is 0 Å². The van der Waals surface area contributed by atoms with E-state index in [1.54, 1.807) is 0 Å². The van der Waals surface area contributed by atoms with Gasteiger partial charge in [0.1, 0.15) is 11.5 Å². The van der Waals surface area contributed by atoms with Crippen molar-refractivity contribution in [1.82, 2.24) is 5.32 Å². The van der Waals surface area contributed by atoms with Crippen LogP contribution in [0.3, 0.4) is 0 Å². The third-order valence-electron chi connectivity index (χ3n) is 3.67. The number of hydrogen-bond donors (Lipinski definition) is 2. The van der Waals surface area contributed by atoms with Crippen LogP contribution in [0.2, 0.25) is 0 Å². The van der Waals surface area contributed by atoms with E-state index < -0.39 is 24.9 Å². The second kappa shape index (κ2) is 11.0. The van der Waals surface area contributed by atoms with Crippen LogP contribution < -0.4 is 20.1 Å². The summed E-state index contributed by atoms with van der Waals surface area (Å²) in [5, 5.41) is 5.28. The normalized spacial score (nSPS) is 11.3. The highest BCUT2D eigenvalue weighted by Gasteiger charge is 2.13. The Hall–Kier alpha value is -3.56. The fourth-order valence-corrected chi connectivity index (χ4v) is 2.43. The van der Waals surface area contributed by atoms with Gasteiger partial charge in [0.2, 0.25) is 5.91 Å². The molecule has 6 nitrogen and oxygen atoms in total. The summed E-state index contributed by atoms with van der Waals surface area (Å²) in [5.41, 5.74) is 0.875. The van der Waals surface area contributed by atoms with Gasteiger partial charge in [0.15, 0.2) is 0 Å². The predicted octanol–water partition coefficient (Wildman–Crippen LogP) is 4.68. The molecule has 2 N–H and O–H groups in total. The lowest BCUT2D eigenvalue weighted by Crippen LogP contribution is -2.29. The van der Waals surface area contributed by atoms with E-state index in [1.165, 1.54) is 36.4 Å². The summed E-state index contributed by atoms with van der Waals surface area (Å²) in [7, 11) is 0. The van der Waals surface area contributed by atoms with Gasteiger partial charge in [-0.05, 0) is 56.3 Å². The second-order valence-corrected chi connectivity index (χ2v) is 6.48. The smallest absolute Gasteiger partial charge is 0.387 e. The average molecular weight is 440 g/mol. The number of halogens is 4. The highest BCUT2D eigenvalue weighted by atomic mass is 19.3. The first-order valence-corrected chi connectivity index (χ1v) is 9.07. The molecule has 166 valence electrons. The first-order chi connectivity index (χ1) is 14.6. The van der Waals surface area contributed by atoms with Crippen LogP contribution in [0.5, 0.6) is 11.5 Å². The van der Waals surface area contributed by atoms with E-state index in [2.05, 4.69) is 20.1 Å². The zero-order valence-electron chi connectivity index (χ0n) is 16.6. The Bertz CT molecular complexity index is 931. The number of carbonyl (C=O) groups is 2. The van der Waals surface area contributed by atoms with Gasteiger partial charge in [-0.3, -0.25) is 9.59 Å². The highest BCUT2D eigenvalue weighted by Crippen LogP contribution is 2.28. The minimum Gasteiger partial charge on any atom is -0.435 e. The number of rotatable bonds is 9. The fraction of sp³-hybridized carbons (Fsp3) is 0.238. The number of alkyl halides is 4. The third-order valence-corrected chi connectivity index (χ3v) is 3.67. The lowest BCUT2D eigenvalue weighted by atomic mass is 10.1. The molecule has 0 aromatic heterocycles. The lowest BCUT2D eigenvalue weighted by molar-refractivity contribution is -0.111. The molecular formula is C21H20F4N2O4. The minimum absolute atomic E-state index is 0.0213. The van der Waals surface area contributed by atoms with Crippen LogP contribution in [0, 0.1) is 0 Å². The van der Waals surface area contributed by atoms with Gasteiger partial charge in [0.05, 0.1) is 0 Å². The quantitative estimate of drug-likeness (QED) is 0.439. The summed E-state index contributed by atoms with van der Waals surface area (Å²) in [6.07, 6.45) is 2.24. The number of carbonyl (C=O) groups excluding carboxylic acids is 2. The van der Waals surface area contributed by atoms with E-state index >= 15 is 0 Å². The summed E-state index contributed by atoms with van der Waals surface area (Å²) in [6, 6.07) is 9.31. The van der Waals surface area contributed by atoms with Crippen molar-refractivity contribution < 1.29 is 36.6 Å². The Labute approximate surface area is 175 Å². The van der Waals surface area contributed by atoms with Gasteiger partial charge in [-0.2, -0.15) is 17.6 Å². The predicted molar refractivity (Wildman–Crippen MR) is 106 cm³/mol. The van der Waals surface area contributed by atoms with E-state index in [9.17, 15) is 27.2 Å². The average Bonchev–Trinajstić information content (AvgIpc) is 2.66. The lowest BCUT2D eigenvalue weighted by Gasteiger charge is -2.11. The van der Waals surface area contributed by atoms with E-state index in [4.69, 9.17) is 0 Å². The Morgan fingerprint density at radius 3 is 2.16 bits per heavy atom. The Kier molecular flexibility index (Phi) is 8.42. The molecule has 0 saturated carbocycles. The monoisotopic (exact) mass is 440 g/mol. The van der Waals surface area contributed by atoms with E-state index in [0.717, 1.165) is 18.2 Å². The van der Waals surface area contributed by atoms with Gasteiger partial charge in [0.25, 0.3) is 5.91 Å². The van der Waals surface area contributed by atoms with Crippen molar-refractivity contribution in [2.45, 2.75) is 33.1 Å². The van der Waals surface area contributed by atoms with Crippen molar-refractivity contribution in [3.8, 4) is 11.5 Å². The van der Waals surface area contributed by atoms with E-state index in [0.29, 0.717) is 11.3 Å². The van der Waals surface area contributed by atoms with Crippen molar-refractivity contribution in [2.24, 2.45) is 0 Å². The van der Waals surface area contributed by atoms with Gasteiger partial charge < -0.3 is 20.1 Å². The summed E-state index contributed by atoms with van der Waals surface area (Å²) in [6.45, 7) is -2.67. The second-order valence-electron chi connectivity index (χ2n) is 6.48. The number of hydrogen-bond acceptors (Lipinski definition) is 4. The van der Waals surface area contributed by atoms with Crippen LogP contribution >= 0.6 is 0 Å². The van der Waals surface area contributed by atoms with Crippen molar-refractivity contribution in [2.75, 3.05) is 5.32 Å². The molecule has 0 aliphatic heterocycles. The molecule has 0 saturated heterocycles. The van der Waals surface area contributed by atoms with Gasteiger partial charge in [0, 0.05) is 35.0 Å². The summed E-state index contributed by atoms with van der Waals surface area (Å²) in [5.74, 6) is -1.64. The molecule has 0 radical (unpaired) electrons. The van der Waals surface area contributed by atoms with Crippen LogP contribution in [0.15, 0.2) is 48.5 Å². The highest BCUT2D eigenvalue weighted by molar-refractivity contribution is 6.02. The van der Waals surface area contributed by atoms with Gasteiger partial charge in [-0.1, -0.05) is 0 Å². The topological polar surface area (TPSA) is 76.7 Å². The molecular weight excluding hydrogens is 420 g/mol. The van der Waals surface area contributed by atoms with Crippen LogP contribution in [-0.2, 0) is 4.79 Å². The summed E-state index contributed by atoms with van der Waals surface area (Å²) >= 11 is 0. The molecule has 2 aromatic carbocycles. The Morgan fingerprint density at radius 2 is 1.58 bits per heavy atom. The number of ether oxygens (including phenoxy) is 2. The maximum atomic E-state index is 12.6. The van der Waals surface area contributed by atoms with Crippen molar-refractivity contribution in [3.05, 3.63) is 59.7 Å². The SMILES string of the molecule is CC(C)NC(=O)c1ccc(NC(=O)/C=C/c2ccc(OC(F)F)cc2OC(F)F)cc1. The zero-order valence-corrected chi connectivity index (χ0v) is 16.6. The maximum absolute atomic E-state index is 12.6. The molecule has 0 heterocycles. The molecule has 0 fully saturated rings. The van der Waals surface area contributed by atoms with Gasteiger partial charge in [-0.15, -0.1) is 0 Å². The third kappa shape index (κ3) is 8.00. The number of amides is 2. The van der Waals surface area contributed by atoms with Crippen LogP contribution in [0.25, 0.3) is 6.08 Å². The van der Waals surface area contributed by atoms with E-state index in [-0.39, 0.29) is 23.3 Å².